The van der Waals surface area contributed by atoms with Crippen molar-refractivity contribution in [3.63, 3.8) is 0 Å². The molecule has 2 aromatic rings. The first-order valence-corrected chi connectivity index (χ1v) is 11.3. The minimum Gasteiger partial charge on any atom is -0.294 e. The summed E-state index contributed by atoms with van der Waals surface area (Å²) in [4.78, 5) is 12.1. The molecule has 0 saturated carbocycles. The van der Waals surface area contributed by atoms with Gasteiger partial charge in [0.15, 0.2) is 15.6 Å². The molecule has 0 saturated heterocycles. The predicted molar refractivity (Wildman–Crippen MR) is 112 cm³/mol. The summed E-state index contributed by atoms with van der Waals surface area (Å²) in [5.74, 6) is 0.663. The van der Waals surface area contributed by atoms with E-state index in [1.54, 1.807) is 13.8 Å². The van der Waals surface area contributed by atoms with Gasteiger partial charge in [0.1, 0.15) is 0 Å². The highest BCUT2D eigenvalue weighted by atomic mass is 32.2. The van der Waals surface area contributed by atoms with E-state index in [0.29, 0.717) is 12.3 Å². The molecule has 3 nitrogen and oxygen atoms in total. The van der Waals surface area contributed by atoms with Gasteiger partial charge in [-0.25, -0.2) is 8.42 Å². The van der Waals surface area contributed by atoms with Crippen molar-refractivity contribution < 1.29 is 13.2 Å². The van der Waals surface area contributed by atoms with Crippen molar-refractivity contribution >= 4 is 15.6 Å². The van der Waals surface area contributed by atoms with Gasteiger partial charge in [-0.1, -0.05) is 62.4 Å². The minimum atomic E-state index is -3.07. The molecule has 4 heteroatoms. The van der Waals surface area contributed by atoms with Crippen LogP contribution in [0, 0.1) is 5.92 Å². The largest absolute Gasteiger partial charge is 0.294 e. The first-order valence-electron chi connectivity index (χ1n) is 9.59. The monoisotopic (exact) mass is 386 g/mol. The van der Waals surface area contributed by atoms with E-state index in [0.717, 1.165) is 24.0 Å². The molecule has 0 radical (unpaired) electrons. The number of aryl methyl sites for hydroxylation is 2. The van der Waals surface area contributed by atoms with Crippen LogP contribution >= 0.6 is 0 Å². The fourth-order valence-electron chi connectivity index (χ4n) is 2.84. The van der Waals surface area contributed by atoms with Crippen molar-refractivity contribution in [2.45, 2.75) is 58.0 Å². The summed E-state index contributed by atoms with van der Waals surface area (Å²) in [6.45, 7) is 7.53. The van der Waals surface area contributed by atoms with Gasteiger partial charge >= 0.3 is 0 Å². The number of rotatable bonds is 9. The number of hydrogen-bond donors (Lipinski definition) is 0. The number of benzene rings is 2. The van der Waals surface area contributed by atoms with Crippen LogP contribution in [0.2, 0.25) is 0 Å². The predicted octanol–water partition coefficient (Wildman–Crippen LogP) is 5.02. The van der Waals surface area contributed by atoms with Gasteiger partial charge in [-0.3, -0.25) is 4.79 Å². The highest BCUT2D eigenvalue weighted by molar-refractivity contribution is 7.91. The fraction of sp³-hybridized carbons (Fsp3) is 0.435. The van der Waals surface area contributed by atoms with E-state index >= 15 is 0 Å². The van der Waals surface area contributed by atoms with Crippen LogP contribution in [0.1, 0.15) is 61.2 Å². The van der Waals surface area contributed by atoms with Crippen LogP contribution in [0.15, 0.2) is 48.5 Å². The van der Waals surface area contributed by atoms with Gasteiger partial charge in [-0.15, -0.1) is 0 Å². The van der Waals surface area contributed by atoms with Gasteiger partial charge in [0.25, 0.3) is 0 Å². The smallest absolute Gasteiger partial charge is 0.163 e. The van der Waals surface area contributed by atoms with Gasteiger partial charge in [0.2, 0.25) is 0 Å². The van der Waals surface area contributed by atoms with Gasteiger partial charge in [-0.05, 0) is 49.3 Å². The molecule has 0 N–H and O–H groups in total. The zero-order valence-electron chi connectivity index (χ0n) is 16.7. The second-order valence-corrected chi connectivity index (χ2v) is 10.4. The summed E-state index contributed by atoms with van der Waals surface area (Å²) < 4.78 is 24.0. The van der Waals surface area contributed by atoms with Crippen LogP contribution in [-0.4, -0.2) is 19.5 Å². The van der Waals surface area contributed by atoms with Crippen molar-refractivity contribution in [1.29, 1.82) is 0 Å². The van der Waals surface area contributed by atoms with Crippen molar-refractivity contribution in [2.24, 2.45) is 5.92 Å². The van der Waals surface area contributed by atoms with Gasteiger partial charge < -0.3 is 0 Å². The molecule has 0 fully saturated rings. The molecule has 0 atom stereocenters. The Morgan fingerprint density at radius 1 is 0.778 bits per heavy atom. The number of sulfone groups is 1. The second-order valence-electron chi connectivity index (χ2n) is 7.89. The minimum absolute atomic E-state index is 0.0941. The quantitative estimate of drug-likeness (QED) is 0.568. The summed E-state index contributed by atoms with van der Waals surface area (Å²) in [5, 5.41) is -0.354. The zero-order chi connectivity index (χ0) is 20.0. The Labute approximate surface area is 163 Å². The standard InChI is InChI=1S/C23H30O3S/c1-17(2)15-23(24)22-13-11-20(12-14-22)6-5-19-7-9-21(10-8-19)16-27(25,26)18(3)4/h7-14,17-18H,5-6,15-16H2,1-4H3. The van der Waals surface area contributed by atoms with Crippen LogP contribution < -0.4 is 0 Å². The first-order chi connectivity index (χ1) is 12.7. The Bertz CT molecular complexity index is 846. The van der Waals surface area contributed by atoms with Gasteiger partial charge in [-0.2, -0.15) is 0 Å². The number of ketones is 1. The summed E-state index contributed by atoms with van der Waals surface area (Å²) >= 11 is 0. The number of hydrogen-bond acceptors (Lipinski definition) is 3. The molecule has 0 bridgehead atoms. The van der Waals surface area contributed by atoms with E-state index in [1.165, 1.54) is 11.1 Å². The average molecular weight is 387 g/mol. The molecule has 0 aliphatic heterocycles. The normalized spacial score (nSPS) is 11.9. The van der Waals surface area contributed by atoms with Crippen LogP contribution in [0.5, 0.6) is 0 Å². The molecule has 0 unspecified atom stereocenters. The topological polar surface area (TPSA) is 51.2 Å². The molecule has 0 aromatic heterocycles. The number of carbonyl (C=O) groups is 1. The Balaban J connectivity index is 1.92. The third-order valence-corrected chi connectivity index (χ3v) is 6.85. The summed E-state index contributed by atoms with van der Waals surface area (Å²) in [6, 6.07) is 15.7. The highest BCUT2D eigenvalue weighted by Gasteiger charge is 2.16. The molecule has 0 amide bonds. The molecule has 146 valence electrons. The van der Waals surface area contributed by atoms with Crippen LogP contribution in [0.4, 0.5) is 0 Å². The lowest BCUT2D eigenvalue weighted by molar-refractivity contribution is 0.0968. The molecule has 2 rings (SSSR count). The van der Waals surface area contributed by atoms with E-state index < -0.39 is 9.84 Å². The number of Topliss-reactive ketones (excluding diaryl/α,β-unsaturated/α-hetero) is 1. The van der Waals surface area contributed by atoms with E-state index in [2.05, 4.69) is 13.8 Å². The van der Waals surface area contributed by atoms with Crippen molar-refractivity contribution in [3.8, 4) is 0 Å². The van der Waals surface area contributed by atoms with Crippen LogP contribution in [-0.2, 0) is 28.4 Å². The summed E-state index contributed by atoms with van der Waals surface area (Å²) in [6.07, 6.45) is 2.36. The third-order valence-electron chi connectivity index (χ3n) is 4.68. The van der Waals surface area contributed by atoms with Crippen molar-refractivity contribution in [2.75, 3.05) is 0 Å². The number of carbonyl (C=O) groups excluding carboxylic acids is 1. The van der Waals surface area contributed by atoms with E-state index in [-0.39, 0.29) is 16.8 Å². The molecule has 0 aliphatic carbocycles. The zero-order valence-corrected chi connectivity index (χ0v) is 17.6. The molecule has 0 heterocycles. The molecule has 0 aliphatic rings. The Hall–Kier alpha value is -1.94. The Morgan fingerprint density at radius 2 is 1.22 bits per heavy atom. The second kappa shape index (κ2) is 9.32. The molecule has 0 spiro atoms. The highest BCUT2D eigenvalue weighted by Crippen LogP contribution is 2.15. The fourth-order valence-corrected chi connectivity index (χ4v) is 3.83. The maximum atomic E-state index is 12.1. The lowest BCUT2D eigenvalue weighted by Crippen LogP contribution is -2.15. The maximum absolute atomic E-state index is 12.1. The molecule has 2 aromatic carbocycles. The first kappa shape index (κ1) is 21.4. The Morgan fingerprint density at radius 3 is 1.67 bits per heavy atom. The van der Waals surface area contributed by atoms with E-state index in [1.807, 2.05) is 48.5 Å². The molecular formula is C23H30O3S. The van der Waals surface area contributed by atoms with Crippen molar-refractivity contribution in [1.82, 2.24) is 0 Å². The molecular weight excluding hydrogens is 356 g/mol. The maximum Gasteiger partial charge on any atom is 0.163 e. The van der Waals surface area contributed by atoms with E-state index in [9.17, 15) is 13.2 Å². The lowest BCUT2D eigenvalue weighted by Gasteiger charge is -2.09. The van der Waals surface area contributed by atoms with Crippen LogP contribution in [0.3, 0.4) is 0 Å². The van der Waals surface area contributed by atoms with E-state index in [4.69, 9.17) is 0 Å². The lowest BCUT2D eigenvalue weighted by atomic mass is 9.98. The third kappa shape index (κ3) is 6.62. The molecule has 27 heavy (non-hydrogen) atoms. The van der Waals surface area contributed by atoms with Crippen molar-refractivity contribution in [3.05, 3.63) is 70.8 Å². The Kier molecular flexibility index (Phi) is 7.37. The summed E-state index contributed by atoms with van der Waals surface area (Å²) in [7, 11) is -3.07. The summed E-state index contributed by atoms with van der Waals surface area (Å²) in [5.41, 5.74) is 3.99. The van der Waals surface area contributed by atoms with Gasteiger partial charge in [0.05, 0.1) is 11.0 Å². The SMILES string of the molecule is CC(C)CC(=O)c1ccc(CCc2ccc(CS(=O)(=O)C(C)C)cc2)cc1. The van der Waals surface area contributed by atoms with Crippen LogP contribution in [0.25, 0.3) is 0 Å². The average Bonchev–Trinajstić information content (AvgIpc) is 2.60. The van der Waals surface area contributed by atoms with Gasteiger partial charge in [0, 0.05) is 12.0 Å².